The molecule has 3 heteroatoms. The van der Waals surface area contributed by atoms with Crippen molar-refractivity contribution in [3.05, 3.63) is 54.4 Å². The Labute approximate surface area is 101 Å². The van der Waals surface area contributed by atoms with Gasteiger partial charge in [0.25, 0.3) is 0 Å². The van der Waals surface area contributed by atoms with Gasteiger partial charge >= 0.3 is 0 Å². The van der Waals surface area contributed by atoms with Gasteiger partial charge in [0.2, 0.25) is 0 Å². The monoisotopic (exact) mass is 225 g/mol. The van der Waals surface area contributed by atoms with E-state index >= 15 is 0 Å². The molecule has 1 N–H and O–H groups in total. The van der Waals surface area contributed by atoms with Crippen LogP contribution in [0.15, 0.2) is 48.8 Å². The number of anilines is 2. The highest BCUT2D eigenvalue weighted by atomic mass is 15.2. The van der Waals surface area contributed by atoms with Crippen molar-refractivity contribution >= 4 is 11.4 Å². The fraction of sp³-hybridized carbons (Fsp3) is 0.214. The van der Waals surface area contributed by atoms with E-state index in [9.17, 15) is 0 Å². The van der Waals surface area contributed by atoms with Crippen LogP contribution in [0, 0.1) is 0 Å². The predicted octanol–water partition coefficient (Wildman–Crippen LogP) is 2.32. The number of rotatable bonds is 1. The molecule has 1 aliphatic heterocycles. The number of nitrogens with one attached hydrogen (secondary N) is 1. The maximum absolute atomic E-state index is 4.08. The highest BCUT2D eigenvalue weighted by molar-refractivity contribution is 5.66. The van der Waals surface area contributed by atoms with Gasteiger partial charge in [-0.3, -0.25) is 4.98 Å². The van der Waals surface area contributed by atoms with Gasteiger partial charge in [-0.05, 0) is 23.8 Å². The van der Waals surface area contributed by atoms with Crippen molar-refractivity contribution in [1.29, 1.82) is 0 Å². The first-order valence-electron chi connectivity index (χ1n) is 5.91. The van der Waals surface area contributed by atoms with Crippen molar-refractivity contribution in [1.82, 2.24) is 10.3 Å². The van der Waals surface area contributed by atoms with E-state index in [0.717, 1.165) is 19.6 Å². The van der Waals surface area contributed by atoms with Crippen LogP contribution in [-0.2, 0) is 6.54 Å². The highest BCUT2D eigenvalue weighted by Gasteiger charge is 2.15. The fourth-order valence-electron chi connectivity index (χ4n) is 2.25. The standard InChI is InChI=1S/C14H15N3/c1-2-4-14-12(3-1)11-16-9-10-17(14)13-5-7-15-8-6-13/h1-8,16H,9-11H2. The molecule has 2 aromatic rings. The summed E-state index contributed by atoms with van der Waals surface area (Å²) in [6, 6.07) is 12.7. The predicted molar refractivity (Wildman–Crippen MR) is 69.4 cm³/mol. The van der Waals surface area contributed by atoms with E-state index in [-0.39, 0.29) is 0 Å². The summed E-state index contributed by atoms with van der Waals surface area (Å²) < 4.78 is 0. The van der Waals surface area contributed by atoms with E-state index in [2.05, 4.69) is 51.6 Å². The molecule has 0 fully saturated rings. The minimum atomic E-state index is 0.942. The van der Waals surface area contributed by atoms with Crippen LogP contribution in [0.25, 0.3) is 0 Å². The number of para-hydroxylation sites is 1. The lowest BCUT2D eigenvalue weighted by Crippen LogP contribution is -2.24. The third-order valence-electron chi connectivity index (χ3n) is 3.08. The summed E-state index contributed by atoms with van der Waals surface area (Å²) in [6.07, 6.45) is 3.69. The third-order valence-corrected chi connectivity index (χ3v) is 3.08. The molecule has 0 unspecified atom stereocenters. The largest absolute Gasteiger partial charge is 0.340 e. The fourth-order valence-corrected chi connectivity index (χ4v) is 2.25. The van der Waals surface area contributed by atoms with Crippen LogP contribution in [0.4, 0.5) is 11.4 Å². The van der Waals surface area contributed by atoms with Crippen LogP contribution in [0.2, 0.25) is 0 Å². The summed E-state index contributed by atoms with van der Waals surface area (Å²) in [7, 11) is 0. The summed E-state index contributed by atoms with van der Waals surface area (Å²) in [6.45, 7) is 2.93. The van der Waals surface area contributed by atoms with Crippen molar-refractivity contribution in [2.45, 2.75) is 6.54 Å². The average Bonchev–Trinajstić information content (AvgIpc) is 2.62. The first-order chi connectivity index (χ1) is 8.45. The summed E-state index contributed by atoms with van der Waals surface area (Å²) in [5.41, 5.74) is 3.85. The average molecular weight is 225 g/mol. The summed E-state index contributed by atoms with van der Waals surface area (Å²) in [4.78, 5) is 6.42. The van der Waals surface area contributed by atoms with E-state index in [1.54, 1.807) is 0 Å². The molecule has 1 aromatic carbocycles. The van der Waals surface area contributed by atoms with Gasteiger partial charge < -0.3 is 10.2 Å². The van der Waals surface area contributed by atoms with Crippen molar-refractivity contribution in [2.75, 3.05) is 18.0 Å². The first kappa shape index (κ1) is 10.3. The van der Waals surface area contributed by atoms with E-state index in [1.807, 2.05) is 12.4 Å². The molecule has 0 saturated heterocycles. The minimum Gasteiger partial charge on any atom is -0.340 e. The van der Waals surface area contributed by atoms with Crippen molar-refractivity contribution in [3.63, 3.8) is 0 Å². The normalized spacial score (nSPS) is 15.2. The number of aromatic nitrogens is 1. The lowest BCUT2D eigenvalue weighted by Gasteiger charge is -2.24. The van der Waals surface area contributed by atoms with Gasteiger partial charge in [-0.1, -0.05) is 18.2 Å². The molecule has 1 aliphatic rings. The second-order valence-corrected chi connectivity index (χ2v) is 4.16. The van der Waals surface area contributed by atoms with Gasteiger partial charge in [0.1, 0.15) is 0 Å². The van der Waals surface area contributed by atoms with Crippen LogP contribution in [0.3, 0.4) is 0 Å². The minimum absolute atomic E-state index is 0.942. The number of pyridine rings is 1. The Morgan fingerprint density at radius 2 is 1.88 bits per heavy atom. The Kier molecular flexibility index (Phi) is 2.76. The molecule has 0 spiro atoms. The molecule has 0 atom stereocenters. The highest BCUT2D eigenvalue weighted by Crippen LogP contribution is 2.28. The molecule has 2 heterocycles. The van der Waals surface area contributed by atoms with Crippen LogP contribution >= 0.6 is 0 Å². The maximum atomic E-state index is 4.08. The summed E-state index contributed by atoms with van der Waals surface area (Å²) >= 11 is 0. The number of nitrogens with zero attached hydrogens (tertiary/aromatic N) is 2. The molecular formula is C14H15N3. The summed E-state index contributed by atoms with van der Waals surface area (Å²) in [5, 5.41) is 3.45. The van der Waals surface area contributed by atoms with E-state index < -0.39 is 0 Å². The van der Waals surface area contributed by atoms with Gasteiger partial charge in [0.15, 0.2) is 0 Å². The molecule has 1 aromatic heterocycles. The first-order valence-corrected chi connectivity index (χ1v) is 5.91. The van der Waals surface area contributed by atoms with Gasteiger partial charge in [-0.15, -0.1) is 0 Å². The van der Waals surface area contributed by atoms with Crippen molar-refractivity contribution in [3.8, 4) is 0 Å². The van der Waals surface area contributed by atoms with Crippen molar-refractivity contribution < 1.29 is 0 Å². The molecule has 17 heavy (non-hydrogen) atoms. The number of benzene rings is 1. The van der Waals surface area contributed by atoms with Crippen LogP contribution in [0.1, 0.15) is 5.56 Å². The third kappa shape index (κ3) is 2.01. The van der Waals surface area contributed by atoms with Gasteiger partial charge in [0, 0.05) is 43.4 Å². The molecule has 0 amide bonds. The molecule has 86 valence electrons. The zero-order valence-electron chi connectivity index (χ0n) is 9.63. The SMILES string of the molecule is c1ccc2c(c1)CNCCN2c1ccncc1. The van der Waals surface area contributed by atoms with Crippen LogP contribution < -0.4 is 10.2 Å². The second kappa shape index (κ2) is 4.55. The molecule has 3 nitrogen and oxygen atoms in total. The Hall–Kier alpha value is -1.87. The quantitative estimate of drug-likeness (QED) is 0.807. The zero-order valence-corrected chi connectivity index (χ0v) is 9.63. The smallest absolute Gasteiger partial charge is 0.0456 e. The molecule has 0 saturated carbocycles. The lowest BCUT2D eigenvalue weighted by molar-refractivity contribution is 0.712. The Morgan fingerprint density at radius 1 is 1.06 bits per heavy atom. The van der Waals surface area contributed by atoms with Crippen LogP contribution in [-0.4, -0.2) is 18.1 Å². The molecule has 0 bridgehead atoms. The molecule has 3 rings (SSSR count). The Balaban J connectivity index is 2.06. The lowest BCUT2D eigenvalue weighted by atomic mass is 10.1. The van der Waals surface area contributed by atoms with Crippen LogP contribution in [0.5, 0.6) is 0 Å². The second-order valence-electron chi connectivity index (χ2n) is 4.16. The molecular weight excluding hydrogens is 210 g/mol. The number of fused-ring (bicyclic) bond motifs is 1. The van der Waals surface area contributed by atoms with E-state index in [4.69, 9.17) is 0 Å². The molecule has 0 radical (unpaired) electrons. The van der Waals surface area contributed by atoms with Gasteiger partial charge in [-0.25, -0.2) is 0 Å². The van der Waals surface area contributed by atoms with Gasteiger partial charge in [0.05, 0.1) is 0 Å². The Morgan fingerprint density at radius 3 is 2.76 bits per heavy atom. The Bertz CT molecular complexity index is 496. The van der Waals surface area contributed by atoms with Gasteiger partial charge in [-0.2, -0.15) is 0 Å². The van der Waals surface area contributed by atoms with E-state index in [1.165, 1.54) is 16.9 Å². The summed E-state index contributed by atoms with van der Waals surface area (Å²) in [5.74, 6) is 0. The maximum Gasteiger partial charge on any atom is 0.0456 e. The van der Waals surface area contributed by atoms with E-state index in [0.29, 0.717) is 0 Å². The zero-order chi connectivity index (χ0) is 11.5. The van der Waals surface area contributed by atoms with Crippen molar-refractivity contribution in [2.24, 2.45) is 0 Å². The number of hydrogen-bond donors (Lipinski definition) is 1. The molecule has 0 aliphatic carbocycles. The number of hydrogen-bond acceptors (Lipinski definition) is 3. The topological polar surface area (TPSA) is 28.2 Å².